The molecule has 0 amide bonds. The number of rotatable bonds is 1. The first-order valence-electron chi connectivity index (χ1n) is 8.89. The zero-order valence-electron chi connectivity index (χ0n) is 15.1. The molecule has 2 aliphatic carbocycles. The molecular formula is C20H22N4OS. The molecule has 4 atom stereocenters. The average Bonchev–Trinajstić information content (AvgIpc) is 2.99. The van der Waals surface area contributed by atoms with Crippen molar-refractivity contribution in [1.29, 1.82) is 5.26 Å². The third-order valence-corrected chi connectivity index (χ3v) is 7.13. The van der Waals surface area contributed by atoms with Gasteiger partial charge in [0.1, 0.15) is 5.76 Å². The van der Waals surface area contributed by atoms with Crippen LogP contribution in [-0.4, -0.2) is 25.1 Å². The molecule has 0 aromatic carbocycles. The fourth-order valence-corrected chi connectivity index (χ4v) is 5.48. The molecule has 6 heteroatoms. The molecular weight excluding hydrogens is 344 g/mol. The average molecular weight is 366 g/mol. The van der Waals surface area contributed by atoms with Gasteiger partial charge in [-0.15, -0.1) is 0 Å². The smallest absolute Gasteiger partial charge is 0.110 e. The second kappa shape index (κ2) is 5.88. The highest BCUT2D eigenvalue weighted by molar-refractivity contribution is 7.81. The van der Waals surface area contributed by atoms with Gasteiger partial charge in [-0.05, 0) is 30.9 Å². The summed E-state index contributed by atoms with van der Waals surface area (Å²) in [6.07, 6.45) is 5.46. The van der Waals surface area contributed by atoms with Crippen LogP contribution in [0.3, 0.4) is 0 Å². The van der Waals surface area contributed by atoms with Gasteiger partial charge in [-0.3, -0.25) is 9.67 Å². The van der Waals surface area contributed by atoms with E-state index >= 15 is 0 Å². The molecule has 0 saturated heterocycles. The van der Waals surface area contributed by atoms with Gasteiger partial charge in [0.2, 0.25) is 0 Å². The standard InChI is InChI=1S/C20H22N4OS/c1-11-15-7-6-13-16(12-5-4-8-22-10-12)24(3)23-18(13)20(15,2)19(26)14(9-21)17(11)25/h4-5,8,10-11,15,19,25-26H,6-7H2,1-3H3/t11-,15-,19-,20-/m0/s1. The van der Waals surface area contributed by atoms with Crippen molar-refractivity contribution >= 4 is 12.6 Å². The number of aliphatic hydroxyl groups is 1. The maximum absolute atomic E-state index is 10.5. The Morgan fingerprint density at radius 1 is 1.46 bits per heavy atom. The van der Waals surface area contributed by atoms with Gasteiger partial charge in [0.25, 0.3) is 0 Å². The van der Waals surface area contributed by atoms with Crippen LogP contribution in [0.5, 0.6) is 0 Å². The topological polar surface area (TPSA) is 74.7 Å². The maximum atomic E-state index is 10.5. The maximum Gasteiger partial charge on any atom is 0.110 e. The number of allylic oxidation sites excluding steroid dienone is 1. The SMILES string of the molecule is C[C@@H]1C(O)=C(C#N)[C@H](S)[C@]2(C)c3nn(C)c(-c4cccnc4)c3CC[C@@H]12. The first kappa shape index (κ1) is 17.2. The monoisotopic (exact) mass is 366 g/mol. The Balaban J connectivity index is 1.94. The van der Waals surface area contributed by atoms with E-state index in [1.165, 1.54) is 5.56 Å². The van der Waals surface area contributed by atoms with Crippen molar-refractivity contribution in [2.45, 2.75) is 37.4 Å². The van der Waals surface area contributed by atoms with Crippen LogP contribution < -0.4 is 0 Å². The molecule has 0 aliphatic heterocycles. The molecule has 0 unspecified atom stereocenters. The summed E-state index contributed by atoms with van der Waals surface area (Å²) in [5.41, 5.74) is 4.32. The zero-order chi connectivity index (χ0) is 18.6. The molecule has 0 saturated carbocycles. The number of nitriles is 1. The third-order valence-electron chi connectivity index (χ3n) is 6.34. The van der Waals surface area contributed by atoms with Gasteiger partial charge < -0.3 is 5.11 Å². The number of nitrogens with zero attached hydrogens (tertiary/aromatic N) is 4. The number of thiol groups is 1. The summed E-state index contributed by atoms with van der Waals surface area (Å²) in [6.45, 7) is 4.15. The molecule has 134 valence electrons. The predicted octanol–water partition coefficient (Wildman–Crippen LogP) is 3.59. The van der Waals surface area contributed by atoms with Crippen molar-refractivity contribution in [2.24, 2.45) is 18.9 Å². The molecule has 0 bridgehead atoms. The molecule has 0 fully saturated rings. The Kier molecular flexibility index (Phi) is 3.89. The lowest BCUT2D eigenvalue weighted by Crippen LogP contribution is -2.51. The number of hydrogen-bond donors (Lipinski definition) is 2. The van der Waals surface area contributed by atoms with Crippen LogP contribution in [0, 0.1) is 23.2 Å². The second-order valence-corrected chi connectivity index (χ2v) is 8.09. The second-order valence-electron chi connectivity index (χ2n) is 7.57. The molecule has 2 aromatic heterocycles. The highest BCUT2D eigenvalue weighted by Crippen LogP contribution is 2.55. The van der Waals surface area contributed by atoms with E-state index in [9.17, 15) is 10.4 Å². The fourth-order valence-electron chi connectivity index (χ4n) is 4.97. The highest BCUT2D eigenvalue weighted by Gasteiger charge is 2.55. The Bertz CT molecular complexity index is 943. The lowest BCUT2D eigenvalue weighted by Gasteiger charge is -2.49. The van der Waals surface area contributed by atoms with Crippen molar-refractivity contribution in [3.8, 4) is 17.3 Å². The fraction of sp³-hybridized carbons (Fsp3) is 0.450. The number of aromatic nitrogens is 3. The van der Waals surface area contributed by atoms with Crippen LogP contribution in [0.15, 0.2) is 35.9 Å². The summed E-state index contributed by atoms with van der Waals surface area (Å²) in [7, 11) is 1.96. The van der Waals surface area contributed by atoms with E-state index in [0.717, 1.165) is 29.8 Å². The number of aliphatic hydroxyl groups excluding tert-OH is 1. The summed E-state index contributed by atoms with van der Waals surface area (Å²) in [6, 6.07) is 6.16. The van der Waals surface area contributed by atoms with Crippen molar-refractivity contribution in [1.82, 2.24) is 14.8 Å². The van der Waals surface area contributed by atoms with Crippen LogP contribution in [0.25, 0.3) is 11.3 Å². The molecule has 2 heterocycles. The van der Waals surface area contributed by atoms with Crippen LogP contribution in [-0.2, 0) is 18.9 Å². The first-order chi connectivity index (χ1) is 12.4. The molecule has 4 rings (SSSR count). The number of hydrogen-bond acceptors (Lipinski definition) is 5. The molecule has 2 aliphatic rings. The van der Waals surface area contributed by atoms with Gasteiger partial charge in [0.05, 0.1) is 28.3 Å². The Labute approximate surface area is 158 Å². The van der Waals surface area contributed by atoms with Gasteiger partial charge in [-0.25, -0.2) is 0 Å². The van der Waals surface area contributed by atoms with Crippen molar-refractivity contribution in [3.63, 3.8) is 0 Å². The summed E-state index contributed by atoms with van der Waals surface area (Å²) in [5.74, 6) is 0.322. The van der Waals surface area contributed by atoms with E-state index in [0.29, 0.717) is 5.57 Å². The Morgan fingerprint density at radius 2 is 2.23 bits per heavy atom. The minimum Gasteiger partial charge on any atom is -0.511 e. The Morgan fingerprint density at radius 3 is 2.88 bits per heavy atom. The minimum absolute atomic E-state index is 0.0740. The largest absolute Gasteiger partial charge is 0.511 e. The number of pyridine rings is 1. The van der Waals surface area contributed by atoms with Gasteiger partial charge in [0.15, 0.2) is 0 Å². The van der Waals surface area contributed by atoms with E-state index < -0.39 is 5.41 Å². The normalized spacial score (nSPS) is 30.5. The zero-order valence-corrected chi connectivity index (χ0v) is 16.0. The molecule has 0 radical (unpaired) electrons. The highest BCUT2D eigenvalue weighted by atomic mass is 32.1. The van der Waals surface area contributed by atoms with Gasteiger partial charge in [-0.1, -0.05) is 13.8 Å². The van der Waals surface area contributed by atoms with Crippen molar-refractivity contribution in [2.75, 3.05) is 0 Å². The third kappa shape index (κ3) is 2.10. The predicted molar refractivity (Wildman–Crippen MR) is 103 cm³/mol. The lowest BCUT2D eigenvalue weighted by molar-refractivity contribution is 0.141. The van der Waals surface area contributed by atoms with E-state index in [-0.39, 0.29) is 22.8 Å². The molecule has 1 N–H and O–H groups in total. The summed E-state index contributed by atoms with van der Waals surface area (Å²) in [4.78, 5) is 4.25. The molecule has 0 spiro atoms. The molecule has 26 heavy (non-hydrogen) atoms. The van der Waals surface area contributed by atoms with Crippen molar-refractivity contribution in [3.05, 3.63) is 47.1 Å². The molecule has 5 nitrogen and oxygen atoms in total. The summed E-state index contributed by atoms with van der Waals surface area (Å²) >= 11 is 4.80. The van der Waals surface area contributed by atoms with E-state index in [1.807, 2.05) is 37.0 Å². The van der Waals surface area contributed by atoms with E-state index in [2.05, 4.69) is 18.0 Å². The Hall–Kier alpha value is -2.26. The van der Waals surface area contributed by atoms with Crippen LogP contribution in [0.1, 0.15) is 31.5 Å². The minimum atomic E-state index is -0.397. The van der Waals surface area contributed by atoms with E-state index in [4.69, 9.17) is 17.7 Å². The van der Waals surface area contributed by atoms with Gasteiger partial charge in [0, 0.05) is 41.9 Å². The summed E-state index contributed by atoms with van der Waals surface area (Å²) in [5, 5.41) is 24.6. The lowest BCUT2D eigenvalue weighted by atomic mass is 9.56. The van der Waals surface area contributed by atoms with Crippen molar-refractivity contribution < 1.29 is 5.11 Å². The first-order valence-corrected chi connectivity index (χ1v) is 9.40. The van der Waals surface area contributed by atoms with Crippen LogP contribution >= 0.6 is 12.6 Å². The van der Waals surface area contributed by atoms with Crippen LogP contribution in [0.2, 0.25) is 0 Å². The van der Waals surface area contributed by atoms with E-state index in [1.54, 1.807) is 6.20 Å². The van der Waals surface area contributed by atoms with Gasteiger partial charge in [-0.2, -0.15) is 23.0 Å². The number of fused-ring (bicyclic) bond motifs is 3. The van der Waals surface area contributed by atoms with Gasteiger partial charge >= 0.3 is 0 Å². The van der Waals surface area contributed by atoms with Crippen LogP contribution in [0.4, 0.5) is 0 Å². The quantitative estimate of drug-likeness (QED) is 0.757. The number of aryl methyl sites for hydroxylation is 1. The summed E-state index contributed by atoms with van der Waals surface area (Å²) < 4.78 is 1.92. The molecule has 2 aromatic rings.